The minimum absolute atomic E-state index is 0.118. The molecule has 5 nitrogen and oxygen atoms in total. The van der Waals surface area contributed by atoms with Gasteiger partial charge in [0.05, 0.1) is 24.5 Å². The number of fused-ring (bicyclic) bond motifs is 1. The third-order valence-corrected chi connectivity index (χ3v) is 3.49. The van der Waals surface area contributed by atoms with Crippen LogP contribution in [0.1, 0.15) is 6.42 Å². The molecule has 1 aromatic rings. The summed E-state index contributed by atoms with van der Waals surface area (Å²) in [6.07, 6.45) is 3.35. The summed E-state index contributed by atoms with van der Waals surface area (Å²) in [4.78, 5) is 19.0. The highest BCUT2D eigenvalue weighted by atomic mass is 19.1. The largest absolute Gasteiger partial charge is 0.449 e. The SMILES string of the molecule is O=C1OCC[C@H]2CN(c3ccncc3F)CCN12. The monoisotopic (exact) mass is 251 g/mol. The number of ether oxygens (including phenoxy) is 1. The second-order valence-electron chi connectivity index (χ2n) is 4.52. The van der Waals surface area contributed by atoms with E-state index in [4.69, 9.17) is 4.74 Å². The fourth-order valence-electron chi connectivity index (χ4n) is 2.55. The Morgan fingerprint density at radius 3 is 3.17 bits per heavy atom. The number of rotatable bonds is 1. The molecular weight excluding hydrogens is 237 g/mol. The summed E-state index contributed by atoms with van der Waals surface area (Å²) in [5.74, 6) is -0.315. The summed E-state index contributed by atoms with van der Waals surface area (Å²) in [5, 5.41) is 0. The van der Waals surface area contributed by atoms with Gasteiger partial charge in [0.2, 0.25) is 0 Å². The molecule has 0 aliphatic carbocycles. The van der Waals surface area contributed by atoms with Crippen LogP contribution in [0.5, 0.6) is 0 Å². The lowest BCUT2D eigenvalue weighted by Crippen LogP contribution is -2.58. The van der Waals surface area contributed by atoms with Gasteiger partial charge in [-0.3, -0.25) is 4.98 Å². The van der Waals surface area contributed by atoms with Crippen molar-refractivity contribution in [3.8, 4) is 0 Å². The first-order valence-corrected chi connectivity index (χ1v) is 6.03. The van der Waals surface area contributed by atoms with E-state index in [2.05, 4.69) is 4.98 Å². The van der Waals surface area contributed by atoms with Crippen LogP contribution in [0.25, 0.3) is 0 Å². The number of halogens is 1. The van der Waals surface area contributed by atoms with Crippen LogP contribution in [-0.4, -0.2) is 48.3 Å². The molecule has 96 valence electrons. The van der Waals surface area contributed by atoms with Gasteiger partial charge in [-0.05, 0) is 6.07 Å². The van der Waals surface area contributed by atoms with Gasteiger partial charge in [-0.2, -0.15) is 0 Å². The Bertz CT molecular complexity index is 468. The fourth-order valence-corrected chi connectivity index (χ4v) is 2.55. The quantitative estimate of drug-likeness (QED) is 0.753. The molecule has 6 heteroatoms. The van der Waals surface area contributed by atoms with E-state index in [-0.39, 0.29) is 18.0 Å². The standard InChI is InChI=1S/C12H14FN3O2/c13-10-7-14-3-1-11(10)15-4-5-16-9(8-15)2-6-18-12(16)17/h1,3,7,9H,2,4-6,8H2/t9-/m0/s1. The zero-order chi connectivity index (χ0) is 12.5. The van der Waals surface area contributed by atoms with Crippen molar-refractivity contribution in [1.82, 2.24) is 9.88 Å². The number of anilines is 1. The second-order valence-corrected chi connectivity index (χ2v) is 4.52. The first kappa shape index (κ1) is 11.3. The summed E-state index contributed by atoms with van der Waals surface area (Å²) in [6.45, 7) is 2.29. The van der Waals surface area contributed by atoms with E-state index < -0.39 is 0 Å². The first-order valence-electron chi connectivity index (χ1n) is 6.03. The van der Waals surface area contributed by atoms with E-state index in [1.807, 2.05) is 4.90 Å². The number of nitrogens with zero attached hydrogens (tertiary/aromatic N) is 3. The summed E-state index contributed by atoms with van der Waals surface area (Å²) >= 11 is 0. The minimum Gasteiger partial charge on any atom is -0.449 e. The molecule has 0 N–H and O–H groups in total. The smallest absolute Gasteiger partial charge is 0.410 e. The number of hydrogen-bond donors (Lipinski definition) is 0. The van der Waals surface area contributed by atoms with Crippen LogP contribution in [-0.2, 0) is 4.74 Å². The van der Waals surface area contributed by atoms with Crippen LogP contribution < -0.4 is 4.90 Å². The molecule has 3 heterocycles. The lowest BCUT2D eigenvalue weighted by Gasteiger charge is -2.43. The zero-order valence-corrected chi connectivity index (χ0v) is 9.88. The molecule has 18 heavy (non-hydrogen) atoms. The third-order valence-electron chi connectivity index (χ3n) is 3.49. The van der Waals surface area contributed by atoms with Gasteiger partial charge in [-0.1, -0.05) is 0 Å². The topological polar surface area (TPSA) is 45.7 Å². The highest BCUT2D eigenvalue weighted by Crippen LogP contribution is 2.24. The number of carbonyl (C=O) groups excluding carboxylic acids is 1. The van der Waals surface area contributed by atoms with E-state index in [0.717, 1.165) is 6.42 Å². The summed E-state index contributed by atoms with van der Waals surface area (Å²) in [7, 11) is 0. The molecule has 1 aromatic heterocycles. The Balaban J connectivity index is 1.78. The lowest BCUT2D eigenvalue weighted by molar-refractivity contribution is 0.0398. The lowest BCUT2D eigenvalue weighted by atomic mass is 10.1. The maximum Gasteiger partial charge on any atom is 0.410 e. The highest BCUT2D eigenvalue weighted by Gasteiger charge is 2.35. The van der Waals surface area contributed by atoms with E-state index in [0.29, 0.717) is 31.9 Å². The Kier molecular flexibility index (Phi) is 2.77. The van der Waals surface area contributed by atoms with Crippen molar-refractivity contribution in [2.45, 2.75) is 12.5 Å². The van der Waals surface area contributed by atoms with Crippen LogP contribution in [0.3, 0.4) is 0 Å². The molecule has 0 bridgehead atoms. The number of pyridine rings is 1. The van der Waals surface area contributed by atoms with Gasteiger partial charge in [0.1, 0.15) is 0 Å². The molecule has 2 fully saturated rings. The molecule has 3 rings (SSSR count). The molecule has 2 aliphatic rings. The Morgan fingerprint density at radius 1 is 1.44 bits per heavy atom. The molecule has 0 radical (unpaired) electrons. The normalized spacial score (nSPS) is 23.6. The van der Waals surface area contributed by atoms with Gasteiger partial charge in [0, 0.05) is 32.3 Å². The van der Waals surface area contributed by atoms with Crippen molar-refractivity contribution in [3.63, 3.8) is 0 Å². The molecule has 2 saturated heterocycles. The minimum atomic E-state index is -0.315. The highest BCUT2D eigenvalue weighted by molar-refractivity contribution is 5.69. The predicted molar refractivity (Wildman–Crippen MR) is 62.9 cm³/mol. The summed E-state index contributed by atoms with van der Waals surface area (Å²) in [6, 6.07) is 1.79. The predicted octanol–water partition coefficient (Wildman–Crippen LogP) is 1.25. The molecule has 2 aliphatic heterocycles. The van der Waals surface area contributed by atoms with Gasteiger partial charge in [0.25, 0.3) is 0 Å². The van der Waals surface area contributed by atoms with Crippen LogP contribution in [0.15, 0.2) is 18.5 Å². The number of carbonyl (C=O) groups is 1. The molecular formula is C12H14FN3O2. The Morgan fingerprint density at radius 2 is 2.33 bits per heavy atom. The van der Waals surface area contributed by atoms with E-state index >= 15 is 0 Å². The first-order chi connectivity index (χ1) is 8.75. The van der Waals surface area contributed by atoms with Crippen LogP contribution in [0.4, 0.5) is 14.9 Å². The van der Waals surface area contributed by atoms with Crippen LogP contribution >= 0.6 is 0 Å². The van der Waals surface area contributed by atoms with E-state index in [1.165, 1.54) is 6.20 Å². The Labute approximate surface area is 104 Å². The summed E-state index contributed by atoms with van der Waals surface area (Å²) in [5.41, 5.74) is 0.559. The number of amides is 1. The van der Waals surface area contributed by atoms with Crippen LogP contribution in [0, 0.1) is 5.82 Å². The fraction of sp³-hybridized carbons (Fsp3) is 0.500. The number of hydrogen-bond acceptors (Lipinski definition) is 4. The van der Waals surface area contributed by atoms with Gasteiger partial charge in [0.15, 0.2) is 5.82 Å². The Hall–Kier alpha value is -1.85. The van der Waals surface area contributed by atoms with Crippen LogP contribution in [0.2, 0.25) is 0 Å². The maximum absolute atomic E-state index is 13.7. The van der Waals surface area contributed by atoms with Gasteiger partial charge >= 0.3 is 6.09 Å². The molecule has 0 aromatic carbocycles. The molecule has 1 atom stereocenters. The van der Waals surface area contributed by atoms with Crippen molar-refractivity contribution >= 4 is 11.8 Å². The average molecular weight is 251 g/mol. The number of cyclic esters (lactones) is 1. The number of aromatic nitrogens is 1. The van der Waals surface area contributed by atoms with Gasteiger partial charge < -0.3 is 14.5 Å². The van der Waals surface area contributed by atoms with Gasteiger partial charge in [-0.25, -0.2) is 9.18 Å². The van der Waals surface area contributed by atoms with E-state index in [9.17, 15) is 9.18 Å². The molecule has 0 unspecified atom stereocenters. The van der Waals surface area contributed by atoms with Crippen molar-refractivity contribution in [3.05, 3.63) is 24.3 Å². The summed E-state index contributed by atoms with van der Waals surface area (Å²) < 4.78 is 18.7. The average Bonchev–Trinajstić information content (AvgIpc) is 2.39. The van der Waals surface area contributed by atoms with Gasteiger partial charge in [-0.15, -0.1) is 0 Å². The van der Waals surface area contributed by atoms with Crippen molar-refractivity contribution in [1.29, 1.82) is 0 Å². The van der Waals surface area contributed by atoms with Crippen molar-refractivity contribution in [2.24, 2.45) is 0 Å². The third kappa shape index (κ3) is 1.87. The van der Waals surface area contributed by atoms with E-state index in [1.54, 1.807) is 17.2 Å². The molecule has 0 saturated carbocycles. The maximum atomic E-state index is 13.7. The zero-order valence-electron chi connectivity index (χ0n) is 9.88. The second kappa shape index (κ2) is 4.44. The molecule has 0 spiro atoms. The molecule has 1 amide bonds. The number of piperazine rings is 1. The van der Waals surface area contributed by atoms with Crippen molar-refractivity contribution in [2.75, 3.05) is 31.1 Å². The van der Waals surface area contributed by atoms with Crippen molar-refractivity contribution < 1.29 is 13.9 Å².